The Morgan fingerprint density at radius 1 is 1.07 bits per heavy atom. The molecule has 2 rings (SSSR count). The Kier molecular flexibility index (Phi) is 9.45. The Balaban J connectivity index is 1.97. The van der Waals surface area contributed by atoms with E-state index in [0.29, 0.717) is 12.2 Å². The number of carbonyl (C=O) groups excluding carboxylic acids is 2. The van der Waals surface area contributed by atoms with Gasteiger partial charge < -0.3 is 14.9 Å². The second kappa shape index (κ2) is 11.8. The van der Waals surface area contributed by atoms with Gasteiger partial charge in [-0.25, -0.2) is 4.79 Å². The minimum Gasteiger partial charge on any atom is -0.445 e. The molecule has 0 fully saturated rings. The van der Waals surface area contributed by atoms with Crippen LogP contribution in [0.5, 0.6) is 0 Å². The fraction of sp³-hybridized carbons (Fsp3) is 0.333. The molecule has 0 saturated heterocycles. The van der Waals surface area contributed by atoms with Crippen LogP contribution in [-0.4, -0.2) is 33.8 Å². The number of carbonyl (C=O) groups is 2. The third kappa shape index (κ3) is 8.86. The molecule has 0 saturated carbocycles. The normalized spacial score (nSPS) is 13.9. The highest BCUT2D eigenvalue weighted by atomic mass is 32.2. The topological polar surface area (TPSA) is 92.7 Å². The summed E-state index contributed by atoms with van der Waals surface area (Å²) in [6.07, 6.45) is -0.0923. The van der Waals surface area contributed by atoms with E-state index < -0.39 is 19.2 Å². The Hall–Kier alpha value is -2.08. The Labute approximate surface area is 175 Å². The standard InChI is InChI=1S/C21H26NO5PS/c1-17(23)29-15-13-20(22-21(24)27-16-19-10-6-3-7-11-19)28(25,26)14-12-18-8-4-2-5-9-18/h2-11,20H,12-16H2,1H3,(H,22,24)(H,25,26). The minimum atomic E-state index is -3.71. The lowest BCUT2D eigenvalue weighted by Gasteiger charge is -2.24. The second-order valence-electron chi connectivity index (χ2n) is 6.57. The van der Waals surface area contributed by atoms with Crippen LogP contribution in [0.4, 0.5) is 4.79 Å². The smallest absolute Gasteiger partial charge is 0.408 e. The molecule has 0 radical (unpaired) electrons. The van der Waals surface area contributed by atoms with E-state index in [9.17, 15) is 19.0 Å². The van der Waals surface area contributed by atoms with Gasteiger partial charge in [0, 0.05) is 18.8 Å². The monoisotopic (exact) mass is 435 g/mol. The molecule has 6 nitrogen and oxygen atoms in total. The molecule has 2 N–H and O–H groups in total. The van der Waals surface area contributed by atoms with Crippen LogP contribution >= 0.6 is 19.1 Å². The van der Waals surface area contributed by atoms with Gasteiger partial charge in [-0.15, -0.1) is 0 Å². The van der Waals surface area contributed by atoms with Gasteiger partial charge in [-0.05, 0) is 24.0 Å². The van der Waals surface area contributed by atoms with Gasteiger partial charge in [0.1, 0.15) is 12.4 Å². The Bertz CT molecular complexity index is 831. The highest BCUT2D eigenvalue weighted by molar-refractivity contribution is 8.13. The van der Waals surface area contributed by atoms with Crippen LogP contribution in [0.25, 0.3) is 0 Å². The van der Waals surface area contributed by atoms with Crippen LogP contribution in [-0.2, 0) is 27.1 Å². The van der Waals surface area contributed by atoms with Gasteiger partial charge in [-0.3, -0.25) is 9.36 Å². The first-order chi connectivity index (χ1) is 13.9. The molecule has 0 aliphatic rings. The molecule has 0 spiro atoms. The summed E-state index contributed by atoms with van der Waals surface area (Å²) in [5, 5.41) is 2.46. The van der Waals surface area contributed by atoms with Crippen molar-refractivity contribution in [3.8, 4) is 0 Å². The van der Waals surface area contributed by atoms with Gasteiger partial charge in [0.25, 0.3) is 0 Å². The van der Waals surface area contributed by atoms with E-state index in [4.69, 9.17) is 4.74 Å². The van der Waals surface area contributed by atoms with E-state index in [2.05, 4.69) is 5.32 Å². The van der Waals surface area contributed by atoms with Crippen molar-refractivity contribution in [2.75, 3.05) is 11.9 Å². The lowest BCUT2D eigenvalue weighted by Crippen LogP contribution is -2.36. The number of nitrogens with one attached hydrogen (secondary N) is 1. The number of aryl methyl sites for hydroxylation is 1. The van der Waals surface area contributed by atoms with Gasteiger partial charge in [-0.2, -0.15) is 0 Å². The largest absolute Gasteiger partial charge is 0.445 e. The summed E-state index contributed by atoms with van der Waals surface area (Å²) < 4.78 is 18.2. The van der Waals surface area contributed by atoms with E-state index >= 15 is 0 Å². The molecule has 29 heavy (non-hydrogen) atoms. The van der Waals surface area contributed by atoms with Gasteiger partial charge in [0.05, 0.1) is 0 Å². The summed E-state index contributed by atoms with van der Waals surface area (Å²) in [5.74, 6) is -0.629. The zero-order valence-corrected chi connectivity index (χ0v) is 18.0. The summed E-state index contributed by atoms with van der Waals surface area (Å²) in [6.45, 7) is 1.51. The molecule has 2 unspecified atom stereocenters. The maximum Gasteiger partial charge on any atom is 0.408 e. The van der Waals surface area contributed by atoms with E-state index in [-0.39, 0.29) is 24.3 Å². The number of hydrogen-bond donors (Lipinski definition) is 2. The molecule has 0 aliphatic carbocycles. The summed E-state index contributed by atoms with van der Waals surface area (Å²) >= 11 is 1.06. The highest BCUT2D eigenvalue weighted by Gasteiger charge is 2.32. The van der Waals surface area contributed by atoms with Gasteiger partial charge >= 0.3 is 6.09 Å². The molecule has 156 valence electrons. The van der Waals surface area contributed by atoms with Crippen molar-refractivity contribution in [2.45, 2.75) is 32.2 Å². The molecule has 1 amide bonds. The molecule has 2 atom stereocenters. The molecule has 0 bridgehead atoms. The van der Waals surface area contributed by atoms with Gasteiger partial charge in [0.15, 0.2) is 5.12 Å². The third-order valence-electron chi connectivity index (χ3n) is 4.24. The van der Waals surface area contributed by atoms with E-state index in [0.717, 1.165) is 22.9 Å². The fourth-order valence-corrected chi connectivity index (χ4v) is 5.23. The molecular formula is C21H26NO5PS. The number of rotatable bonds is 10. The van der Waals surface area contributed by atoms with E-state index in [1.165, 1.54) is 6.92 Å². The summed E-state index contributed by atoms with van der Waals surface area (Å²) in [6, 6.07) is 18.6. The van der Waals surface area contributed by atoms with E-state index in [1.807, 2.05) is 60.7 Å². The number of amides is 1. The highest BCUT2D eigenvalue weighted by Crippen LogP contribution is 2.47. The van der Waals surface area contributed by atoms with Crippen LogP contribution in [0, 0.1) is 0 Å². The van der Waals surface area contributed by atoms with Crippen molar-refractivity contribution in [3.63, 3.8) is 0 Å². The average Bonchev–Trinajstić information content (AvgIpc) is 2.71. The zero-order valence-electron chi connectivity index (χ0n) is 16.3. The summed E-state index contributed by atoms with van der Waals surface area (Å²) in [4.78, 5) is 34.0. The predicted octanol–water partition coefficient (Wildman–Crippen LogP) is 4.42. The Morgan fingerprint density at radius 2 is 1.66 bits per heavy atom. The minimum absolute atomic E-state index is 0.0331. The first-order valence-electron chi connectivity index (χ1n) is 9.33. The molecular weight excluding hydrogens is 409 g/mol. The molecule has 0 aliphatic heterocycles. The maximum absolute atomic E-state index is 13.0. The second-order valence-corrected chi connectivity index (χ2v) is 10.4. The summed E-state index contributed by atoms with van der Waals surface area (Å²) in [5.41, 5.74) is 1.77. The lowest BCUT2D eigenvalue weighted by molar-refractivity contribution is -0.109. The van der Waals surface area contributed by atoms with Gasteiger partial charge in [0.2, 0.25) is 7.37 Å². The van der Waals surface area contributed by atoms with Crippen LogP contribution < -0.4 is 5.32 Å². The zero-order chi connectivity index (χ0) is 21.1. The van der Waals surface area contributed by atoms with Gasteiger partial charge in [-0.1, -0.05) is 72.4 Å². The molecule has 0 aromatic heterocycles. The van der Waals surface area contributed by atoms with Crippen molar-refractivity contribution in [1.29, 1.82) is 0 Å². The first kappa shape index (κ1) is 23.2. The number of hydrogen-bond acceptors (Lipinski definition) is 5. The molecule has 2 aromatic carbocycles. The van der Waals surface area contributed by atoms with Crippen LogP contribution in [0.15, 0.2) is 60.7 Å². The predicted molar refractivity (Wildman–Crippen MR) is 116 cm³/mol. The van der Waals surface area contributed by atoms with Crippen LogP contribution in [0.1, 0.15) is 24.5 Å². The Morgan fingerprint density at radius 3 is 2.24 bits per heavy atom. The van der Waals surface area contributed by atoms with E-state index in [1.54, 1.807) is 0 Å². The number of ether oxygens (including phenoxy) is 1. The quantitative estimate of drug-likeness (QED) is 0.537. The van der Waals surface area contributed by atoms with Crippen molar-refractivity contribution in [1.82, 2.24) is 5.32 Å². The maximum atomic E-state index is 13.0. The summed E-state index contributed by atoms with van der Waals surface area (Å²) in [7, 11) is -3.71. The van der Waals surface area contributed by atoms with Crippen LogP contribution in [0.2, 0.25) is 0 Å². The SMILES string of the molecule is CC(=O)SCCC(NC(=O)OCc1ccccc1)P(=O)(O)CCc1ccccc1. The third-order valence-corrected chi connectivity index (χ3v) is 7.32. The van der Waals surface area contributed by atoms with Crippen molar-refractivity contribution in [3.05, 3.63) is 71.8 Å². The fourth-order valence-electron chi connectivity index (χ4n) is 2.68. The molecule has 2 aromatic rings. The first-order valence-corrected chi connectivity index (χ1v) is 12.2. The number of benzene rings is 2. The molecule has 8 heteroatoms. The van der Waals surface area contributed by atoms with Crippen molar-refractivity contribution >= 4 is 30.3 Å². The number of alkyl carbamates (subject to hydrolysis) is 1. The van der Waals surface area contributed by atoms with Crippen molar-refractivity contribution < 1.29 is 23.8 Å². The molecule has 0 heterocycles. The van der Waals surface area contributed by atoms with Crippen molar-refractivity contribution in [2.24, 2.45) is 0 Å². The van der Waals surface area contributed by atoms with Crippen LogP contribution in [0.3, 0.4) is 0 Å². The lowest BCUT2D eigenvalue weighted by atomic mass is 10.2. The number of thioether (sulfide) groups is 1. The average molecular weight is 435 g/mol.